The normalized spacial score (nSPS) is 11.6. The van der Waals surface area contributed by atoms with E-state index in [1.807, 2.05) is 86.1 Å². The van der Waals surface area contributed by atoms with Gasteiger partial charge in [-0.1, -0.05) is 6.07 Å². The molecular formula is C28H28N6O3. The lowest BCUT2D eigenvalue weighted by Crippen LogP contribution is -2.38. The minimum Gasteiger partial charge on any atom is -0.463 e. The van der Waals surface area contributed by atoms with Gasteiger partial charge in [-0.05, 0) is 68.3 Å². The number of nitrogens with zero attached hydrogens (tertiary/aromatic N) is 4. The van der Waals surface area contributed by atoms with E-state index in [0.717, 1.165) is 39.1 Å². The molecule has 2 aromatic carbocycles. The lowest BCUT2D eigenvalue weighted by atomic mass is 10.1. The summed E-state index contributed by atoms with van der Waals surface area (Å²) in [6, 6.07) is 15.3. The minimum atomic E-state index is -0.573. The van der Waals surface area contributed by atoms with Crippen molar-refractivity contribution in [2.75, 3.05) is 11.9 Å². The second kappa shape index (κ2) is 9.87. The van der Waals surface area contributed by atoms with Gasteiger partial charge in [0.15, 0.2) is 0 Å². The van der Waals surface area contributed by atoms with Gasteiger partial charge in [0, 0.05) is 41.3 Å². The Hall–Kier alpha value is -4.50. The molecule has 188 valence electrons. The molecule has 37 heavy (non-hydrogen) atoms. The first-order valence-corrected chi connectivity index (χ1v) is 11.9. The van der Waals surface area contributed by atoms with E-state index in [2.05, 4.69) is 20.3 Å². The van der Waals surface area contributed by atoms with Gasteiger partial charge in [0.25, 0.3) is 0 Å². The highest BCUT2D eigenvalue weighted by molar-refractivity contribution is 5.91. The number of imidazole rings is 1. The number of nitrogens with one attached hydrogen (secondary N) is 1. The van der Waals surface area contributed by atoms with Crippen LogP contribution in [0.5, 0.6) is 11.5 Å². The molecule has 0 amide bonds. The Balaban J connectivity index is 1.33. The van der Waals surface area contributed by atoms with Gasteiger partial charge in [-0.2, -0.15) is 0 Å². The molecule has 0 spiro atoms. The topological polar surface area (TPSA) is 117 Å². The number of fused-ring (bicyclic) bond motifs is 2. The Bertz CT molecular complexity index is 1590. The number of pyridine rings is 1. The number of aromatic nitrogens is 4. The molecule has 5 aromatic rings. The zero-order chi connectivity index (χ0) is 26.0. The summed E-state index contributed by atoms with van der Waals surface area (Å²) >= 11 is 0. The van der Waals surface area contributed by atoms with Gasteiger partial charge >= 0.3 is 5.97 Å². The fourth-order valence-electron chi connectivity index (χ4n) is 3.86. The molecule has 0 aliphatic heterocycles. The summed E-state index contributed by atoms with van der Waals surface area (Å²) in [6.07, 6.45) is 7.20. The number of benzene rings is 2. The van der Waals surface area contributed by atoms with Crippen LogP contribution in [0.2, 0.25) is 0 Å². The van der Waals surface area contributed by atoms with Crippen molar-refractivity contribution >= 4 is 34.0 Å². The van der Waals surface area contributed by atoms with Crippen molar-refractivity contribution < 1.29 is 14.3 Å². The number of hydrogen-bond acceptors (Lipinski definition) is 8. The number of esters is 1. The molecule has 0 aliphatic rings. The van der Waals surface area contributed by atoms with E-state index in [4.69, 9.17) is 15.2 Å². The van der Waals surface area contributed by atoms with Gasteiger partial charge in [0.2, 0.25) is 0 Å². The maximum atomic E-state index is 12.3. The average Bonchev–Trinajstić information content (AvgIpc) is 3.32. The maximum Gasteiger partial charge on any atom is 0.310 e. The average molecular weight is 497 g/mol. The summed E-state index contributed by atoms with van der Waals surface area (Å²) < 4.78 is 13.3. The predicted molar refractivity (Wildman–Crippen MR) is 142 cm³/mol. The van der Waals surface area contributed by atoms with Crippen molar-refractivity contribution in [3.05, 3.63) is 84.6 Å². The Morgan fingerprint density at radius 3 is 2.73 bits per heavy atom. The highest BCUT2D eigenvalue weighted by Gasteiger charge is 2.15. The molecule has 9 heteroatoms. The lowest BCUT2D eigenvalue weighted by Gasteiger charge is -2.18. The lowest BCUT2D eigenvalue weighted by molar-refractivity contribution is -0.144. The van der Waals surface area contributed by atoms with E-state index in [-0.39, 0.29) is 19.0 Å². The number of aryl methyl sites for hydroxylation is 1. The fourth-order valence-corrected chi connectivity index (χ4v) is 3.86. The first-order chi connectivity index (χ1) is 17.7. The monoisotopic (exact) mass is 496 g/mol. The van der Waals surface area contributed by atoms with Gasteiger partial charge in [-0.3, -0.25) is 4.79 Å². The first kappa shape index (κ1) is 24.2. The molecule has 0 unspecified atom stereocenters. The molecule has 0 saturated carbocycles. The number of hydrogen-bond donors (Lipinski definition) is 2. The van der Waals surface area contributed by atoms with Crippen LogP contribution in [0.15, 0.2) is 73.4 Å². The number of ether oxygens (including phenoxy) is 2. The van der Waals surface area contributed by atoms with Gasteiger partial charge in [0.1, 0.15) is 35.9 Å². The Morgan fingerprint density at radius 1 is 1.05 bits per heavy atom. The summed E-state index contributed by atoms with van der Waals surface area (Å²) in [5, 5.41) is 4.18. The van der Waals surface area contributed by atoms with Crippen molar-refractivity contribution in [1.82, 2.24) is 19.4 Å². The van der Waals surface area contributed by atoms with E-state index in [1.165, 1.54) is 6.33 Å². The third-order valence-corrected chi connectivity index (χ3v) is 5.69. The maximum absolute atomic E-state index is 12.3. The van der Waals surface area contributed by atoms with Gasteiger partial charge in [0.05, 0.1) is 11.9 Å². The SMILES string of the molecule is Cc1cc(Nc2ncnc3ccc(CC(=O)OCC(C)(C)N)cc23)ccc1Oc1ccn2ccnc2c1. The first-order valence-electron chi connectivity index (χ1n) is 11.9. The molecule has 5 rings (SSSR count). The van der Waals surface area contributed by atoms with Crippen molar-refractivity contribution in [1.29, 1.82) is 0 Å². The fraction of sp³-hybridized carbons (Fsp3) is 0.214. The summed E-state index contributed by atoms with van der Waals surface area (Å²) in [5.41, 5.74) is 9.53. The van der Waals surface area contributed by atoms with Crippen molar-refractivity contribution in [3.8, 4) is 11.5 Å². The van der Waals surface area contributed by atoms with Crippen LogP contribution in [0.4, 0.5) is 11.5 Å². The van der Waals surface area contributed by atoms with Crippen molar-refractivity contribution in [3.63, 3.8) is 0 Å². The van der Waals surface area contributed by atoms with E-state index in [1.54, 1.807) is 6.20 Å². The number of anilines is 2. The predicted octanol–water partition coefficient (Wildman–Crippen LogP) is 4.94. The zero-order valence-corrected chi connectivity index (χ0v) is 20.9. The highest BCUT2D eigenvalue weighted by atomic mass is 16.5. The summed E-state index contributed by atoms with van der Waals surface area (Å²) in [7, 11) is 0. The third-order valence-electron chi connectivity index (χ3n) is 5.69. The van der Waals surface area contributed by atoms with Crippen LogP contribution >= 0.6 is 0 Å². The standard InChI is InChI=1S/C28H28N6O3/c1-18-12-20(5-7-24(18)37-21-8-10-34-11-9-30-25(34)15-21)33-27-22-13-19(4-6-23(22)31-17-32-27)14-26(35)36-16-28(2,3)29/h4-13,15,17H,14,16,29H2,1-3H3,(H,31,32,33). The van der Waals surface area contributed by atoms with Crippen LogP contribution < -0.4 is 15.8 Å². The third kappa shape index (κ3) is 5.84. The van der Waals surface area contributed by atoms with Crippen LogP contribution in [-0.2, 0) is 16.0 Å². The Kier molecular flexibility index (Phi) is 6.45. The second-order valence-electron chi connectivity index (χ2n) is 9.66. The molecule has 0 bridgehead atoms. The molecule has 3 heterocycles. The molecular weight excluding hydrogens is 468 g/mol. The molecule has 0 radical (unpaired) electrons. The van der Waals surface area contributed by atoms with Crippen LogP contribution in [-0.4, -0.2) is 37.5 Å². The van der Waals surface area contributed by atoms with E-state index >= 15 is 0 Å². The smallest absolute Gasteiger partial charge is 0.310 e. The van der Waals surface area contributed by atoms with Gasteiger partial charge in [-0.15, -0.1) is 0 Å². The molecule has 3 aromatic heterocycles. The molecule has 0 atom stereocenters. The van der Waals surface area contributed by atoms with E-state index in [0.29, 0.717) is 11.6 Å². The second-order valence-corrected chi connectivity index (χ2v) is 9.66. The quantitative estimate of drug-likeness (QED) is 0.290. The summed E-state index contributed by atoms with van der Waals surface area (Å²) in [5.74, 6) is 1.77. The number of nitrogens with two attached hydrogens (primary N) is 1. The Labute approximate surface area is 214 Å². The number of carbonyl (C=O) groups is 1. The molecule has 0 saturated heterocycles. The van der Waals surface area contributed by atoms with E-state index in [9.17, 15) is 4.79 Å². The molecule has 0 fully saturated rings. The largest absolute Gasteiger partial charge is 0.463 e. The molecule has 9 nitrogen and oxygen atoms in total. The molecule has 3 N–H and O–H groups in total. The van der Waals surface area contributed by atoms with Crippen LogP contribution in [0.3, 0.4) is 0 Å². The van der Waals surface area contributed by atoms with Crippen LogP contribution in [0.25, 0.3) is 16.6 Å². The van der Waals surface area contributed by atoms with Gasteiger partial charge < -0.3 is 24.9 Å². The number of carbonyl (C=O) groups excluding carboxylic acids is 1. The zero-order valence-electron chi connectivity index (χ0n) is 20.9. The summed E-state index contributed by atoms with van der Waals surface area (Å²) in [6.45, 7) is 5.77. The van der Waals surface area contributed by atoms with Crippen molar-refractivity contribution in [2.45, 2.75) is 32.7 Å². The highest BCUT2D eigenvalue weighted by Crippen LogP contribution is 2.30. The van der Waals surface area contributed by atoms with Crippen molar-refractivity contribution in [2.24, 2.45) is 5.73 Å². The number of rotatable bonds is 8. The molecule has 0 aliphatic carbocycles. The Morgan fingerprint density at radius 2 is 1.92 bits per heavy atom. The summed E-state index contributed by atoms with van der Waals surface area (Å²) in [4.78, 5) is 25.4. The van der Waals surface area contributed by atoms with E-state index < -0.39 is 5.54 Å². The van der Waals surface area contributed by atoms with Gasteiger partial charge in [-0.25, -0.2) is 15.0 Å². The van der Waals surface area contributed by atoms with Crippen LogP contribution in [0, 0.1) is 6.92 Å². The van der Waals surface area contributed by atoms with Crippen LogP contribution in [0.1, 0.15) is 25.0 Å². The minimum absolute atomic E-state index is 0.135.